The molecule has 0 saturated carbocycles. The monoisotopic (exact) mass is 330 g/mol. The van der Waals surface area contributed by atoms with Crippen LogP contribution in [0.15, 0.2) is 34.7 Å². The Morgan fingerprint density at radius 2 is 2.20 bits per heavy atom. The zero-order valence-electron chi connectivity index (χ0n) is 11.1. The van der Waals surface area contributed by atoms with Gasteiger partial charge in [-0.3, -0.25) is 0 Å². The molecule has 1 N–H and O–H groups in total. The SMILES string of the molecule is CC(NCc1c(Cl)cccc1S(C)(=O)=O)c1nccs1. The van der Waals surface area contributed by atoms with E-state index in [0.717, 1.165) is 5.01 Å². The van der Waals surface area contributed by atoms with Crippen molar-refractivity contribution < 1.29 is 8.42 Å². The molecule has 0 aliphatic heterocycles. The Hall–Kier alpha value is -0.950. The van der Waals surface area contributed by atoms with Crippen molar-refractivity contribution >= 4 is 32.8 Å². The molecule has 0 aliphatic carbocycles. The average molecular weight is 331 g/mol. The van der Waals surface area contributed by atoms with Crippen molar-refractivity contribution in [2.24, 2.45) is 0 Å². The lowest BCUT2D eigenvalue weighted by Gasteiger charge is -2.14. The van der Waals surface area contributed by atoms with Gasteiger partial charge in [-0.1, -0.05) is 17.7 Å². The highest BCUT2D eigenvalue weighted by atomic mass is 35.5. The first-order valence-electron chi connectivity index (χ1n) is 6.00. The van der Waals surface area contributed by atoms with Gasteiger partial charge in [0, 0.05) is 35.0 Å². The van der Waals surface area contributed by atoms with Crippen LogP contribution in [0.5, 0.6) is 0 Å². The van der Waals surface area contributed by atoms with Gasteiger partial charge < -0.3 is 5.32 Å². The summed E-state index contributed by atoms with van der Waals surface area (Å²) in [6.45, 7) is 2.36. The fourth-order valence-corrected chi connectivity index (χ4v) is 3.77. The molecule has 1 aromatic heterocycles. The molecule has 2 rings (SSSR count). The Labute approximate surface area is 127 Å². The number of hydrogen-bond donors (Lipinski definition) is 1. The lowest BCUT2D eigenvalue weighted by molar-refractivity contribution is 0.563. The first-order valence-corrected chi connectivity index (χ1v) is 9.14. The molecular formula is C13H15ClN2O2S2. The Morgan fingerprint density at radius 3 is 2.80 bits per heavy atom. The zero-order chi connectivity index (χ0) is 14.8. The minimum Gasteiger partial charge on any atom is -0.304 e. The molecule has 0 saturated heterocycles. The Balaban J connectivity index is 2.22. The molecule has 108 valence electrons. The van der Waals surface area contributed by atoms with E-state index in [2.05, 4.69) is 10.3 Å². The van der Waals surface area contributed by atoms with Crippen LogP contribution in [0.25, 0.3) is 0 Å². The summed E-state index contributed by atoms with van der Waals surface area (Å²) in [6, 6.07) is 4.96. The number of sulfone groups is 1. The molecule has 0 fully saturated rings. The van der Waals surface area contributed by atoms with E-state index in [0.29, 0.717) is 17.1 Å². The molecule has 7 heteroatoms. The molecule has 0 radical (unpaired) electrons. The van der Waals surface area contributed by atoms with Crippen LogP contribution in [-0.4, -0.2) is 19.7 Å². The summed E-state index contributed by atoms with van der Waals surface area (Å²) >= 11 is 7.68. The van der Waals surface area contributed by atoms with Gasteiger partial charge in [-0.2, -0.15) is 0 Å². The molecule has 1 unspecified atom stereocenters. The summed E-state index contributed by atoms with van der Waals surface area (Å²) in [4.78, 5) is 4.49. The average Bonchev–Trinajstić information content (AvgIpc) is 2.89. The minimum absolute atomic E-state index is 0.0404. The third-order valence-electron chi connectivity index (χ3n) is 2.88. The van der Waals surface area contributed by atoms with Crippen LogP contribution in [0.1, 0.15) is 23.5 Å². The van der Waals surface area contributed by atoms with Crippen molar-refractivity contribution in [3.63, 3.8) is 0 Å². The van der Waals surface area contributed by atoms with Gasteiger partial charge in [-0.15, -0.1) is 11.3 Å². The van der Waals surface area contributed by atoms with Crippen molar-refractivity contribution in [1.29, 1.82) is 0 Å². The van der Waals surface area contributed by atoms with E-state index in [-0.39, 0.29) is 10.9 Å². The summed E-state index contributed by atoms with van der Waals surface area (Å²) in [5.74, 6) is 0. The second-order valence-electron chi connectivity index (χ2n) is 4.46. The highest BCUT2D eigenvalue weighted by molar-refractivity contribution is 7.90. The molecule has 2 aromatic rings. The Morgan fingerprint density at radius 1 is 1.45 bits per heavy atom. The highest BCUT2D eigenvalue weighted by Crippen LogP contribution is 2.25. The van der Waals surface area contributed by atoms with E-state index in [1.807, 2.05) is 12.3 Å². The van der Waals surface area contributed by atoms with Crippen molar-refractivity contribution in [1.82, 2.24) is 10.3 Å². The van der Waals surface area contributed by atoms with Gasteiger partial charge in [-0.05, 0) is 19.1 Å². The van der Waals surface area contributed by atoms with E-state index in [1.54, 1.807) is 35.7 Å². The molecule has 1 aromatic carbocycles. The van der Waals surface area contributed by atoms with Crippen molar-refractivity contribution in [2.45, 2.75) is 24.4 Å². The molecule has 20 heavy (non-hydrogen) atoms. The normalized spacial score (nSPS) is 13.3. The smallest absolute Gasteiger partial charge is 0.175 e. The molecular weight excluding hydrogens is 316 g/mol. The topological polar surface area (TPSA) is 59.1 Å². The van der Waals surface area contributed by atoms with Crippen LogP contribution in [0.3, 0.4) is 0 Å². The van der Waals surface area contributed by atoms with Crippen LogP contribution >= 0.6 is 22.9 Å². The quantitative estimate of drug-likeness (QED) is 0.915. The predicted octanol–water partition coefficient (Wildman–Crippen LogP) is 3.05. The van der Waals surface area contributed by atoms with E-state index in [9.17, 15) is 8.42 Å². The number of nitrogens with zero attached hydrogens (tertiary/aromatic N) is 1. The number of rotatable bonds is 5. The summed E-state index contributed by atoms with van der Waals surface area (Å²) in [5.41, 5.74) is 0.597. The maximum atomic E-state index is 11.8. The number of benzene rings is 1. The maximum Gasteiger partial charge on any atom is 0.175 e. The molecule has 0 amide bonds. The third-order valence-corrected chi connectivity index (χ3v) is 5.38. The van der Waals surface area contributed by atoms with E-state index in [1.165, 1.54) is 6.26 Å². The second-order valence-corrected chi connectivity index (χ2v) is 7.78. The predicted molar refractivity (Wildman–Crippen MR) is 81.9 cm³/mol. The lowest BCUT2D eigenvalue weighted by Crippen LogP contribution is -2.19. The molecule has 0 spiro atoms. The van der Waals surface area contributed by atoms with E-state index >= 15 is 0 Å². The fraction of sp³-hybridized carbons (Fsp3) is 0.308. The third kappa shape index (κ3) is 3.58. The Bertz CT molecular complexity index is 684. The molecule has 0 bridgehead atoms. The standard InChI is InChI=1S/C13H15ClN2O2S2/c1-9(13-15-6-7-19-13)16-8-10-11(14)4-3-5-12(10)20(2,17)18/h3-7,9,16H,8H2,1-2H3. The highest BCUT2D eigenvalue weighted by Gasteiger charge is 2.17. The van der Waals surface area contributed by atoms with Crippen molar-refractivity contribution in [3.8, 4) is 0 Å². The van der Waals surface area contributed by atoms with Gasteiger partial charge in [0.15, 0.2) is 9.84 Å². The van der Waals surface area contributed by atoms with Gasteiger partial charge in [0.1, 0.15) is 5.01 Å². The largest absolute Gasteiger partial charge is 0.304 e. The molecule has 1 heterocycles. The Kier molecular flexibility index (Phi) is 4.80. The number of nitrogens with one attached hydrogen (secondary N) is 1. The lowest BCUT2D eigenvalue weighted by atomic mass is 10.2. The van der Waals surface area contributed by atoms with Crippen LogP contribution in [-0.2, 0) is 16.4 Å². The maximum absolute atomic E-state index is 11.8. The summed E-state index contributed by atoms with van der Waals surface area (Å²) < 4.78 is 23.6. The summed E-state index contributed by atoms with van der Waals surface area (Å²) in [6.07, 6.45) is 2.93. The van der Waals surface area contributed by atoms with Crippen LogP contribution in [0.2, 0.25) is 5.02 Å². The van der Waals surface area contributed by atoms with Gasteiger partial charge in [0.05, 0.1) is 10.9 Å². The van der Waals surface area contributed by atoms with Crippen molar-refractivity contribution in [2.75, 3.05) is 6.26 Å². The fourth-order valence-electron chi connectivity index (χ4n) is 1.85. The van der Waals surface area contributed by atoms with Crippen LogP contribution in [0.4, 0.5) is 0 Å². The molecule has 1 atom stereocenters. The number of aromatic nitrogens is 1. The summed E-state index contributed by atoms with van der Waals surface area (Å²) in [5, 5.41) is 6.57. The summed E-state index contributed by atoms with van der Waals surface area (Å²) in [7, 11) is -3.30. The number of hydrogen-bond acceptors (Lipinski definition) is 5. The van der Waals surface area contributed by atoms with Gasteiger partial charge in [0.2, 0.25) is 0 Å². The van der Waals surface area contributed by atoms with Gasteiger partial charge in [-0.25, -0.2) is 13.4 Å². The molecule has 4 nitrogen and oxygen atoms in total. The molecule has 0 aliphatic rings. The second kappa shape index (κ2) is 6.22. The van der Waals surface area contributed by atoms with Gasteiger partial charge in [0.25, 0.3) is 0 Å². The number of thiazole rings is 1. The van der Waals surface area contributed by atoms with Crippen LogP contribution in [0, 0.1) is 0 Å². The number of halogens is 1. The van der Waals surface area contributed by atoms with Crippen LogP contribution < -0.4 is 5.32 Å². The van der Waals surface area contributed by atoms with E-state index < -0.39 is 9.84 Å². The first-order chi connectivity index (χ1) is 9.39. The minimum atomic E-state index is -3.30. The zero-order valence-corrected chi connectivity index (χ0v) is 13.5. The van der Waals surface area contributed by atoms with Crippen molar-refractivity contribution in [3.05, 3.63) is 45.4 Å². The van der Waals surface area contributed by atoms with E-state index in [4.69, 9.17) is 11.6 Å². The van der Waals surface area contributed by atoms with Gasteiger partial charge >= 0.3 is 0 Å². The first kappa shape index (κ1) is 15.4.